The lowest BCUT2D eigenvalue weighted by molar-refractivity contribution is -0.141. The third kappa shape index (κ3) is 3.35. The van der Waals surface area contributed by atoms with E-state index in [1.807, 2.05) is 0 Å². The molecule has 4 aliphatic rings. The molecule has 5 rings (SSSR count). The van der Waals surface area contributed by atoms with Crippen molar-refractivity contribution < 1.29 is 9.53 Å². The Morgan fingerprint density at radius 1 is 1.25 bits per heavy atom. The summed E-state index contributed by atoms with van der Waals surface area (Å²) in [5.74, 6) is 3.49. The van der Waals surface area contributed by atoms with Gasteiger partial charge in [0.2, 0.25) is 5.13 Å². The highest BCUT2D eigenvalue weighted by Crippen LogP contribution is 2.60. The Morgan fingerprint density at radius 3 is 2.54 bits per heavy atom. The number of hydrogen-bond acceptors (Lipinski definition) is 7. The number of Topliss-reactive ketones (excluding diaryl/α,β-unsaturated/α-hetero) is 1. The maximum atomic E-state index is 13.0. The van der Waals surface area contributed by atoms with Crippen LogP contribution in [0.25, 0.3) is 0 Å². The minimum atomic E-state index is 0.00594. The zero-order valence-corrected chi connectivity index (χ0v) is 15.8. The van der Waals surface area contributed by atoms with Crippen molar-refractivity contribution in [1.29, 1.82) is 0 Å². The van der Waals surface area contributed by atoms with E-state index in [0.717, 1.165) is 53.0 Å². The highest BCUT2D eigenvalue weighted by atomic mass is 32.2. The fourth-order valence-corrected chi connectivity index (χ4v) is 7.14. The maximum Gasteiger partial charge on any atom is 0.206 e. The average Bonchev–Trinajstić information content (AvgIpc) is 2.99. The van der Waals surface area contributed by atoms with Crippen molar-refractivity contribution >= 4 is 34.0 Å². The Labute approximate surface area is 151 Å². The highest BCUT2D eigenvalue weighted by molar-refractivity contribution is 8.01. The number of nitrogens with one attached hydrogen (secondary N) is 1. The number of nitrogens with zero attached hydrogens (tertiary/aromatic N) is 2. The molecule has 1 aromatic heterocycles. The van der Waals surface area contributed by atoms with Crippen molar-refractivity contribution in [2.24, 2.45) is 23.2 Å². The van der Waals surface area contributed by atoms with Crippen LogP contribution >= 0.6 is 23.1 Å². The first-order valence-electron chi connectivity index (χ1n) is 8.89. The summed E-state index contributed by atoms with van der Waals surface area (Å²) in [6, 6.07) is 0. The number of hydrogen-bond donors (Lipinski definition) is 1. The van der Waals surface area contributed by atoms with Gasteiger partial charge in [-0.05, 0) is 56.3 Å². The van der Waals surface area contributed by atoms with Crippen LogP contribution in [0.3, 0.4) is 0 Å². The van der Waals surface area contributed by atoms with Gasteiger partial charge in [-0.2, -0.15) is 0 Å². The van der Waals surface area contributed by atoms with Gasteiger partial charge in [-0.3, -0.25) is 4.79 Å². The van der Waals surface area contributed by atoms with Crippen molar-refractivity contribution in [3.05, 3.63) is 0 Å². The zero-order valence-electron chi connectivity index (χ0n) is 14.1. The molecule has 1 aromatic rings. The fraction of sp³-hybridized carbons (Fsp3) is 0.824. The molecule has 0 unspecified atom stereocenters. The van der Waals surface area contributed by atoms with E-state index in [-0.39, 0.29) is 5.41 Å². The summed E-state index contributed by atoms with van der Waals surface area (Å²) < 4.78 is 5.89. The molecule has 1 heterocycles. The predicted octanol–water partition coefficient (Wildman–Crippen LogP) is 3.47. The van der Waals surface area contributed by atoms with Gasteiger partial charge < -0.3 is 10.1 Å². The Bertz CT molecular complexity index is 569. The first-order chi connectivity index (χ1) is 11.7. The second-order valence-corrected chi connectivity index (χ2v) is 9.90. The number of carbonyl (C=O) groups excluding carboxylic acids is 1. The number of ether oxygens (including phenoxy) is 1. The molecule has 0 atom stereocenters. The molecule has 1 N–H and O–H groups in total. The van der Waals surface area contributed by atoms with Crippen LogP contribution in [0.5, 0.6) is 0 Å². The normalized spacial score (nSPS) is 33.8. The summed E-state index contributed by atoms with van der Waals surface area (Å²) in [4.78, 5) is 13.0. The molecule has 24 heavy (non-hydrogen) atoms. The number of ketones is 1. The van der Waals surface area contributed by atoms with Crippen molar-refractivity contribution in [3.63, 3.8) is 0 Å². The van der Waals surface area contributed by atoms with Gasteiger partial charge in [-0.25, -0.2) is 0 Å². The summed E-state index contributed by atoms with van der Waals surface area (Å²) in [5.41, 5.74) is 0.00594. The fourth-order valence-electron chi connectivity index (χ4n) is 5.33. The lowest BCUT2D eigenvalue weighted by Gasteiger charge is -2.56. The summed E-state index contributed by atoms with van der Waals surface area (Å²) in [6.07, 6.45) is 7.60. The first-order valence-corrected chi connectivity index (χ1v) is 10.7. The van der Waals surface area contributed by atoms with E-state index in [0.29, 0.717) is 18.1 Å². The van der Waals surface area contributed by atoms with Gasteiger partial charge in [-0.15, -0.1) is 10.2 Å². The molecule has 0 radical (unpaired) electrons. The van der Waals surface area contributed by atoms with Gasteiger partial charge >= 0.3 is 0 Å². The number of thioether (sulfide) groups is 1. The van der Waals surface area contributed by atoms with Crippen LogP contribution in [0, 0.1) is 23.2 Å². The molecule has 4 saturated carbocycles. The maximum absolute atomic E-state index is 13.0. The van der Waals surface area contributed by atoms with Crippen molar-refractivity contribution in [3.8, 4) is 0 Å². The molecule has 4 fully saturated rings. The van der Waals surface area contributed by atoms with Gasteiger partial charge in [0.25, 0.3) is 0 Å². The lowest BCUT2D eigenvalue weighted by Crippen LogP contribution is -2.50. The second-order valence-electron chi connectivity index (χ2n) is 7.70. The van der Waals surface area contributed by atoms with Crippen molar-refractivity contribution in [1.82, 2.24) is 10.2 Å². The molecule has 0 aliphatic heterocycles. The molecule has 4 aliphatic carbocycles. The summed E-state index contributed by atoms with van der Waals surface area (Å²) in [7, 11) is 1.68. The van der Waals surface area contributed by atoms with E-state index in [4.69, 9.17) is 4.74 Å². The molecule has 0 amide bonds. The number of anilines is 1. The van der Waals surface area contributed by atoms with Crippen molar-refractivity contribution in [2.75, 3.05) is 31.3 Å². The van der Waals surface area contributed by atoms with Gasteiger partial charge in [0.05, 0.1) is 12.4 Å². The van der Waals surface area contributed by atoms with Gasteiger partial charge in [0.1, 0.15) is 5.78 Å². The molecule has 0 aromatic carbocycles. The van der Waals surface area contributed by atoms with E-state index in [1.165, 1.54) is 30.6 Å². The molecule has 0 spiro atoms. The smallest absolute Gasteiger partial charge is 0.206 e. The third-order valence-corrected chi connectivity index (χ3v) is 7.96. The molecular weight excluding hydrogens is 342 g/mol. The van der Waals surface area contributed by atoms with Crippen molar-refractivity contribution in [2.45, 2.75) is 42.9 Å². The predicted molar refractivity (Wildman–Crippen MR) is 96.6 cm³/mol. The number of rotatable bonds is 8. The van der Waals surface area contributed by atoms with Crippen LogP contribution in [0.15, 0.2) is 4.34 Å². The molecule has 132 valence electrons. The monoisotopic (exact) mass is 367 g/mol. The minimum absolute atomic E-state index is 0.00594. The Kier molecular flexibility index (Phi) is 4.84. The molecule has 4 bridgehead atoms. The highest BCUT2D eigenvalue weighted by Gasteiger charge is 2.54. The average molecular weight is 368 g/mol. The second kappa shape index (κ2) is 6.92. The van der Waals surface area contributed by atoms with E-state index in [1.54, 1.807) is 18.9 Å². The quantitative estimate of drug-likeness (QED) is 0.561. The van der Waals surface area contributed by atoms with Crippen LogP contribution in [0.4, 0.5) is 5.13 Å². The number of carbonyl (C=O) groups is 1. The SMILES string of the molecule is COCCNc1nnc(SCC(=O)C23CC4CC(CC(C4)C2)C3)s1. The van der Waals surface area contributed by atoms with Crippen LogP contribution in [0.1, 0.15) is 38.5 Å². The van der Waals surface area contributed by atoms with Gasteiger partial charge in [0.15, 0.2) is 4.34 Å². The summed E-state index contributed by atoms with van der Waals surface area (Å²) in [6.45, 7) is 1.37. The Morgan fingerprint density at radius 2 is 1.92 bits per heavy atom. The van der Waals surface area contributed by atoms with Crippen LogP contribution in [0.2, 0.25) is 0 Å². The number of aromatic nitrogens is 2. The zero-order chi connectivity index (χ0) is 16.6. The van der Waals surface area contributed by atoms with Gasteiger partial charge in [-0.1, -0.05) is 23.1 Å². The molecule has 5 nitrogen and oxygen atoms in total. The van der Waals surface area contributed by atoms with E-state index >= 15 is 0 Å². The lowest BCUT2D eigenvalue weighted by atomic mass is 9.48. The Balaban J connectivity index is 1.32. The topological polar surface area (TPSA) is 64.1 Å². The van der Waals surface area contributed by atoms with E-state index < -0.39 is 0 Å². The number of methoxy groups -OCH3 is 1. The van der Waals surface area contributed by atoms with Gasteiger partial charge in [0, 0.05) is 19.1 Å². The molecule has 7 heteroatoms. The summed E-state index contributed by atoms with van der Waals surface area (Å²) >= 11 is 3.09. The van der Waals surface area contributed by atoms with Crippen LogP contribution < -0.4 is 5.32 Å². The molecular formula is C17H25N3O2S2. The largest absolute Gasteiger partial charge is 0.383 e. The van der Waals surface area contributed by atoms with Crippen LogP contribution in [-0.4, -0.2) is 42.0 Å². The van der Waals surface area contributed by atoms with E-state index in [9.17, 15) is 4.79 Å². The van der Waals surface area contributed by atoms with E-state index in [2.05, 4.69) is 15.5 Å². The third-order valence-electron chi connectivity index (χ3n) is 5.95. The van der Waals surface area contributed by atoms with Crippen LogP contribution in [-0.2, 0) is 9.53 Å². The summed E-state index contributed by atoms with van der Waals surface area (Å²) in [5, 5.41) is 12.3. The first kappa shape index (κ1) is 16.8. The Hall–Kier alpha value is -0.660. The standard InChI is InChI=1S/C17H25N3O2S2/c1-22-3-2-18-15-19-20-16(24-15)23-10-14(21)17-7-11-4-12(8-17)6-13(5-11)9-17/h11-13H,2-10H2,1H3,(H,18,19). The minimum Gasteiger partial charge on any atom is -0.383 e. The molecule has 0 saturated heterocycles.